The number of nitrogens with zero attached hydrogens (tertiary/aromatic N) is 7. The minimum absolute atomic E-state index is 0.0457. The number of likely N-dealkylation sites (N-methyl/N-ethyl adjacent to an activating group) is 1. The summed E-state index contributed by atoms with van der Waals surface area (Å²) in [6.07, 6.45) is -0.889. The van der Waals surface area contributed by atoms with Crippen molar-refractivity contribution in [1.29, 1.82) is 0 Å². The number of carbonyl (C=O) groups is 1. The molecule has 2 fully saturated rings. The number of benzene rings is 1. The molecule has 3 aromatic heterocycles. The van der Waals surface area contributed by atoms with Crippen molar-refractivity contribution in [3.63, 3.8) is 0 Å². The highest BCUT2D eigenvalue weighted by molar-refractivity contribution is 5.91. The van der Waals surface area contributed by atoms with Gasteiger partial charge in [-0.05, 0) is 72.0 Å². The molecule has 13 nitrogen and oxygen atoms in total. The third-order valence-electron chi connectivity index (χ3n) is 9.51. The first-order valence-corrected chi connectivity index (χ1v) is 17.9. The molecule has 53 heavy (non-hydrogen) atoms. The highest BCUT2D eigenvalue weighted by atomic mass is 19.1. The lowest BCUT2D eigenvalue weighted by Crippen LogP contribution is -2.55. The molecule has 1 aromatic carbocycles. The van der Waals surface area contributed by atoms with Crippen LogP contribution in [-0.4, -0.2) is 106 Å². The fraction of sp³-hybridized carbons (Fsp3) is 0.500. The maximum Gasteiger partial charge on any atom is 0.410 e. The number of fused-ring (bicyclic) bond motifs is 7. The van der Waals surface area contributed by atoms with Gasteiger partial charge in [0.25, 0.3) is 0 Å². The van der Waals surface area contributed by atoms with Crippen LogP contribution in [0.5, 0.6) is 5.75 Å². The number of ether oxygens (including phenoxy) is 4. The van der Waals surface area contributed by atoms with E-state index in [2.05, 4.69) is 4.98 Å². The van der Waals surface area contributed by atoms with Gasteiger partial charge >= 0.3 is 11.8 Å². The molecule has 3 aliphatic rings. The van der Waals surface area contributed by atoms with E-state index in [0.717, 1.165) is 0 Å². The molecule has 0 spiro atoms. The van der Waals surface area contributed by atoms with Gasteiger partial charge in [-0.15, -0.1) is 0 Å². The summed E-state index contributed by atoms with van der Waals surface area (Å²) in [5.41, 5.74) is -0.335. The Labute approximate surface area is 306 Å². The number of rotatable bonds is 4. The molecule has 15 heteroatoms. The molecule has 3 unspecified atom stereocenters. The highest BCUT2D eigenvalue weighted by Crippen LogP contribution is 2.42. The van der Waals surface area contributed by atoms with E-state index in [1.807, 2.05) is 44.7 Å². The van der Waals surface area contributed by atoms with E-state index < -0.39 is 47.5 Å². The third kappa shape index (κ3) is 6.93. The number of hydrogen-bond acceptors (Lipinski definition) is 11. The number of anilines is 1. The molecule has 6 heterocycles. The van der Waals surface area contributed by atoms with Crippen LogP contribution in [0.2, 0.25) is 0 Å². The molecule has 2 saturated heterocycles. The predicted molar refractivity (Wildman–Crippen MR) is 194 cm³/mol. The van der Waals surface area contributed by atoms with E-state index in [0.29, 0.717) is 23.5 Å². The van der Waals surface area contributed by atoms with Gasteiger partial charge in [0.2, 0.25) is 0 Å². The van der Waals surface area contributed by atoms with Crippen LogP contribution in [0.4, 0.5) is 19.4 Å². The fourth-order valence-corrected chi connectivity index (χ4v) is 7.21. The zero-order chi connectivity index (χ0) is 37.9. The molecule has 7 rings (SSSR count). The van der Waals surface area contributed by atoms with Crippen molar-refractivity contribution in [3.8, 4) is 22.7 Å². The molecule has 0 saturated carbocycles. The van der Waals surface area contributed by atoms with E-state index in [1.165, 1.54) is 22.8 Å². The van der Waals surface area contributed by atoms with Gasteiger partial charge in [0.15, 0.2) is 17.8 Å². The van der Waals surface area contributed by atoms with Crippen LogP contribution in [0.1, 0.15) is 64.8 Å². The minimum Gasteiger partial charge on any atom is -0.490 e. The molecule has 282 valence electrons. The minimum atomic E-state index is -0.835. The number of aromatic nitrogens is 4. The topological polar surface area (TPSA) is 124 Å². The molecule has 1 amide bonds. The quantitative estimate of drug-likeness (QED) is 0.267. The maximum atomic E-state index is 16.5. The van der Waals surface area contributed by atoms with Gasteiger partial charge in [-0.3, -0.25) is 4.98 Å². The number of piperazine rings is 1. The van der Waals surface area contributed by atoms with E-state index in [1.54, 1.807) is 44.0 Å². The second-order valence-electron chi connectivity index (χ2n) is 15.3. The Bertz CT molecular complexity index is 2120. The van der Waals surface area contributed by atoms with Gasteiger partial charge in [-0.25, -0.2) is 27.9 Å². The van der Waals surface area contributed by atoms with Gasteiger partial charge in [0.1, 0.15) is 47.5 Å². The Morgan fingerprint density at radius 1 is 1.09 bits per heavy atom. The van der Waals surface area contributed by atoms with Gasteiger partial charge in [-0.1, -0.05) is 19.9 Å². The zero-order valence-electron chi connectivity index (χ0n) is 31.2. The van der Waals surface area contributed by atoms with Crippen molar-refractivity contribution in [2.75, 3.05) is 51.8 Å². The first kappa shape index (κ1) is 36.6. The SMILES string of the molecule is CC(C)c1nccc2c1-n1c(=O)nc(N3CCN(C(=O)OC(C)(C)C)C[C@@H]3C)c3cc(F)c(nc31)-c1c(F)cccc1OCC1OC(CN(C)C)OC21. The van der Waals surface area contributed by atoms with E-state index >= 15 is 8.78 Å². The largest absolute Gasteiger partial charge is 0.490 e. The van der Waals surface area contributed by atoms with Crippen LogP contribution in [0, 0.1) is 11.6 Å². The smallest absolute Gasteiger partial charge is 0.410 e. The van der Waals surface area contributed by atoms with Crippen molar-refractivity contribution in [1.82, 2.24) is 29.3 Å². The monoisotopic (exact) mass is 733 g/mol. The van der Waals surface area contributed by atoms with Crippen LogP contribution >= 0.6 is 0 Å². The van der Waals surface area contributed by atoms with E-state index in [9.17, 15) is 9.59 Å². The third-order valence-corrected chi connectivity index (χ3v) is 9.51. The summed E-state index contributed by atoms with van der Waals surface area (Å²) in [5.74, 6) is -1.53. The number of amides is 1. The van der Waals surface area contributed by atoms with Crippen molar-refractivity contribution in [2.45, 2.75) is 77.6 Å². The van der Waals surface area contributed by atoms with Crippen LogP contribution in [0.3, 0.4) is 0 Å². The van der Waals surface area contributed by atoms with E-state index in [4.69, 9.17) is 28.9 Å². The molecule has 4 aromatic rings. The molecule has 2 bridgehead atoms. The summed E-state index contributed by atoms with van der Waals surface area (Å²) < 4.78 is 58.5. The van der Waals surface area contributed by atoms with Crippen LogP contribution in [0.25, 0.3) is 28.0 Å². The van der Waals surface area contributed by atoms with Gasteiger partial charge < -0.3 is 33.6 Å². The zero-order valence-corrected chi connectivity index (χ0v) is 31.2. The normalized spacial score (nSPS) is 21.6. The van der Waals surface area contributed by atoms with Gasteiger partial charge in [0, 0.05) is 44.0 Å². The number of hydrogen-bond donors (Lipinski definition) is 0. The lowest BCUT2D eigenvalue weighted by atomic mass is 9.97. The van der Waals surface area contributed by atoms with Gasteiger partial charge in [-0.2, -0.15) is 4.98 Å². The molecule has 0 aliphatic carbocycles. The second kappa shape index (κ2) is 13.9. The molecule has 3 aliphatic heterocycles. The second-order valence-corrected chi connectivity index (χ2v) is 15.3. The van der Waals surface area contributed by atoms with Crippen molar-refractivity contribution in [2.24, 2.45) is 0 Å². The highest BCUT2D eigenvalue weighted by Gasteiger charge is 2.42. The van der Waals surface area contributed by atoms with Crippen molar-refractivity contribution in [3.05, 3.63) is 69.9 Å². The lowest BCUT2D eigenvalue weighted by molar-refractivity contribution is -0.0806. The number of halogens is 2. The van der Waals surface area contributed by atoms with Crippen LogP contribution < -0.4 is 15.3 Å². The molecule has 0 radical (unpaired) electrons. The first-order chi connectivity index (χ1) is 25.1. The molecular formula is C38H45F2N7O6. The summed E-state index contributed by atoms with van der Waals surface area (Å²) >= 11 is 0. The Kier molecular flexibility index (Phi) is 9.62. The lowest BCUT2D eigenvalue weighted by Gasteiger charge is -2.41. The molecular weight excluding hydrogens is 688 g/mol. The summed E-state index contributed by atoms with van der Waals surface area (Å²) in [6, 6.07) is 6.89. The summed E-state index contributed by atoms with van der Waals surface area (Å²) in [4.78, 5) is 47.1. The molecule has 4 atom stereocenters. The number of pyridine rings is 2. The Morgan fingerprint density at radius 3 is 2.57 bits per heavy atom. The number of carbonyl (C=O) groups excluding carboxylic acids is 1. The first-order valence-electron chi connectivity index (χ1n) is 17.9. The standard InChI is InChI=1S/C38H45F2N7O6/c1-20(2)30-32-22(12-13-41-30)33-27(51-28(52-33)18-44(7)8)19-50-26-11-9-10-24(39)29(26)31-25(40)16-23-34(43-36(48)47(32)35(23)42-31)46-15-14-45(17-21(46)3)37(49)53-38(4,5)6/h9-13,16,20-21,27-28,33H,14-15,17-19H2,1-8H3/t21-,27?,28?,33?/m0/s1. The Hall–Kier alpha value is -4.73. The van der Waals surface area contributed by atoms with Gasteiger partial charge in [0.05, 0.1) is 22.3 Å². The van der Waals surface area contributed by atoms with Crippen molar-refractivity contribution >= 4 is 22.9 Å². The van der Waals surface area contributed by atoms with E-state index in [-0.39, 0.29) is 72.1 Å². The Balaban J connectivity index is 1.48. The molecule has 0 N–H and O–H groups in total. The van der Waals surface area contributed by atoms with Crippen LogP contribution in [-0.2, 0) is 14.2 Å². The Morgan fingerprint density at radius 2 is 1.87 bits per heavy atom. The van der Waals surface area contributed by atoms with Crippen LogP contribution in [0.15, 0.2) is 41.3 Å². The predicted octanol–water partition coefficient (Wildman–Crippen LogP) is 5.43. The van der Waals surface area contributed by atoms with Crippen molar-refractivity contribution < 1.29 is 32.5 Å². The average Bonchev–Trinajstić information content (AvgIpc) is 3.47. The average molecular weight is 734 g/mol. The summed E-state index contributed by atoms with van der Waals surface area (Å²) in [6.45, 7) is 12.4. The summed E-state index contributed by atoms with van der Waals surface area (Å²) in [5, 5.41) is 0.217. The fourth-order valence-electron chi connectivity index (χ4n) is 7.21. The summed E-state index contributed by atoms with van der Waals surface area (Å²) in [7, 11) is 3.80. The maximum absolute atomic E-state index is 16.5.